The summed E-state index contributed by atoms with van der Waals surface area (Å²) in [5.74, 6) is -3.66. The molecule has 14 heteroatoms. The largest absolute Gasteiger partial charge is 1.00 e. The minimum Gasteiger partial charge on any atom is -1.00 e. The van der Waals surface area contributed by atoms with Crippen LogP contribution in [0, 0.1) is 11.6 Å². The van der Waals surface area contributed by atoms with E-state index in [9.17, 15) is 33.4 Å². The monoisotopic (exact) mass is 603 g/mol. The predicted octanol–water partition coefficient (Wildman–Crippen LogP) is 0.745. The van der Waals surface area contributed by atoms with E-state index in [2.05, 4.69) is 10.3 Å². The van der Waals surface area contributed by atoms with Crippen LogP contribution in [-0.4, -0.2) is 63.6 Å². The van der Waals surface area contributed by atoms with Gasteiger partial charge >= 0.3 is 18.1 Å². The molecule has 222 valence electrons. The number of hydrogen-bond acceptors (Lipinski definition) is 5. The molecule has 0 saturated carbocycles. The van der Waals surface area contributed by atoms with Crippen molar-refractivity contribution in [2.24, 2.45) is 0 Å². The fraction of sp³-hybridized carbons (Fsp3) is 0.250. The molecule has 2 aromatic heterocycles. The summed E-state index contributed by atoms with van der Waals surface area (Å²) in [4.78, 5) is 41.8. The zero-order valence-corrected chi connectivity index (χ0v) is 23.2. The lowest BCUT2D eigenvalue weighted by Gasteiger charge is -2.43. The summed E-state index contributed by atoms with van der Waals surface area (Å²) in [5, 5.41) is 23.8. The highest BCUT2D eigenvalue weighted by molar-refractivity contribution is 5.83. The zero-order valence-electron chi connectivity index (χ0n) is 22.4. The molecule has 0 aliphatic carbocycles. The van der Waals surface area contributed by atoms with Crippen molar-refractivity contribution < 1.29 is 55.1 Å². The summed E-state index contributed by atoms with van der Waals surface area (Å²) in [7, 11) is 1.33. The third-order valence-electron chi connectivity index (χ3n) is 6.44. The smallest absolute Gasteiger partial charge is 0.426 e. The van der Waals surface area contributed by atoms with Crippen LogP contribution in [0.3, 0.4) is 0 Å². The van der Waals surface area contributed by atoms with E-state index in [-0.39, 0.29) is 48.8 Å². The second-order valence-electron chi connectivity index (χ2n) is 9.16. The fourth-order valence-corrected chi connectivity index (χ4v) is 4.62. The molecule has 1 aliphatic heterocycles. The van der Waals surface area contributed by atoms with Crippen LogP contribution < -0.4 is 22.3 Å². The number of methoxy groups -OCH3 is 1. The molecule has 0 spiro atoms. The molecule has 4 rings (SSSR count). The molecule has 1 atom stereocenters. The van der Waals surface area contributed by atoms with Crippen LogP contribution >= 0.6 is 0 Å². The summed E-state index contributed by atoms with van der Waals surface area (Å²) in [6.45, 7) is 0.0167. The van der Waals surface area contributed by atoms with Crippen LogP contribution in [0.5, 0.6) is 0 Å². The van der Waals surface area contributed by atoms with E-state index < -0.39 is 42.2 Å². The van der Waals surface area contributed by atoms with E-state index in [1.165, 1.54) is 13.2 Å². The Balaban J connectivity index is 0.00000484. The lowest BCUT2D eigenvalue weighted by Crippen LogP contribution is -3.00. The molecule has 0 fully saturated rings. The lowest BCUT2D eigenvalue weighted by molar-refractivity contribution is -0.697. The first kappa shape index (κ1) is 31.9. The van der Waals surface area contributed by atoms with Crippen molar-refractivity contribution in [3.63, 3.8) is 0 Å². The number of ether oxygens (including phenoxy) is 1. The molecule has 0 radical (unpaired) electrons. The van der Waals surface area contributed by atoms with Gasteiger partial charge in [-0.2, -0.15) is 0 Å². The van der Waals surface area contributed by atoms with Gasteiger partial charge in [0.05, 0.1) is 25.3 Å². The summed E-state index contributed by atoms with van der Waals surface area (Å²) in [6.07, 6.45) is 3.47. The van der Waals surface area contributed by atoms with Crippen molar-refractivity contribution in [2.45, 2.75) is 25.4 Å². The molecule has 0 bridgehead atoms. The number of urea groups is 1. The fourth-order valence-electron chi connectivity index (χ4n) is 4.62. The van der Waals surface area contributed by atoms with Gasteiger partial charge in [-0.3, -0.25) is 9.78 Å². The molecule has 3 N–H and O–H groups in total. The maximum Gasteiger partial charge on any atom is 0.426 e. The van der Waals surface area contributed by atoms with Crippen LogP contribution in [0.1, 0.15) is 24.4 Å². The van der Waals surface area contributed by atoms with Gasteiger partial charge in [0.25, 0.3) is 0 Å². The first-order valence-corrected chi connectivity index (χ1v) is 12.6. The number of hydrogen-bond donors (Lipinski definition) is 3. The number of amides is 3. The normalized spacial score (nSPS) is 14.7. The summed E-state index contributed by atoms with van der Waals surface area (Å²) < 4.78 is 35.0. The van der Waals surface area contributed by atoms with Gasteiger partial charge in [0.15, 0.2) is 24.0 Å². The van der Waals surface area contributed by atoms with Crippen LogP contribution in [-0.2, 0) is 16.1 Å². The zero-order chi connectivity index (χ0) is 29.5. The number of halogens is 3. The summed E-state index contributed by atoms with van der Waals surface area (Å²) >= 11 is 0. The van der Waals surface area contributed by atoms with Gasteiger partial charge in [-0.05, 0) is 35.4 Å². The minimum absolute atomic E-state index is 0. The Morgan fingerprint density at radius 1 is 1.12 bits per heavy atom. The number of carbonyl (C=O) groups excluding carboxylic acids is 1. The third-order valence-corrected chi connectivity index (χ3v) is 6.44. The molecule has 0 saturated heterocycles. The van der Waals surface area contributed by atoms with E-state index in [0.29, 0.717) is 6.54 Å². The van der Waals surface area contributed by atoms with Crippen LogP contribution in [0.2, 0.25) is 0 Å². The Hall–Kier alpha value is -4.62. The number of hydrazine groups is 1. The van der Waals surface area contributed by atoms with Crippen molar-refractivity contribution in [1.82, 2.24) is 20.3 Å². The average molecular weight is 604 g/mol. The van der Waals surface area contributed by atoms with Gasteiger partial charge in [0, 0.05) is 43.1 Å². The second-order valence-corrected chi connectivity index (χ2v) is 9.16. The molecule has 1 aromatic carbocycles. The van der Waals surface area contributed by atoms with Crippen molar-refractivity contribution in [1.29, 1.82) is 0 Å². The second kappa shape index (κ2) is 14.3. The van der Waals surface area contributed by atoms with Crippen LogP contribution in [0.15, 0.2) is 78.4 Å². The van der Waals surface area contributed by atoms with E-state index >= 15 is 0 Å². The number of carboxylic acid groups (broad SMARTS) is 2. The van der Waals surface area contributed by atoms with Gasteiger partial charge in [0.1, 0.15) is 12.6 Å². The number of nitrogens with one attached hydrogen (secondary N) is 1. The molecular weight excluding hydrogens is 576 g/mol. The van der Waals surface area contributed by atoms with Crippen molar-refractivity contribution in [3.8, 4) is 11.3 Å². The highest BCUT2D eigenvalue weighted by Crippen LogP contribution is 2.37. The Kier molecular flexibility index (Phi) is 10.9. The van der Waals surface area contributed by atoms with Gasteiger partial charge in [-0.1, -0.05) is 12.1 Å². The van der Waals surface area contributed by atoms with Gasteiger partial charge < -0.3 is 32.7 Å². The highest BCUT2D eigenvalue weighted by atomic mass is 35.5. The van der Waals surface area contributed by atoms with Crippen LogP contribution in [0.4, 0.5) is 18.4 Å². The number of benzene rings is 1. The summed E-state index contributed by atoms with van der Waals surface area (Å²) in [6, 6.07) is 9.89. The molecule has 3 aromatic rings. The Morgan fingerprint density at radius 2 is 1.86 bits per heavy atom. The Morgan fingerprint density at radius 3 is 2.45 bits per heavy atom. The SMILES string of the molecule is COCC1=C(CC(=O)O)[C@H](c2ccc(F)c(F)c2)N(N(CCC[n+]2ccc(-c3ccccn3)cc2)C(=O)O)C(=O)N1.[Cl-]. The Bertz CT molecular complexity index is 1460. The predicted molar refractivity (Wildman–Crippen MR) is 140 cm³/mol. The average Bonchev–Trinajstić information content (AvgIpc) is 2.95. The van der Waals surface area contributed by atoms with Gasteiger partial charge in [-0.25, -0.2) is 33.0 Å². The maximum absolute atomic E-state index is 14.3. The van der Waals surface area contributed by atoms with Gasteiger partial charge in [0.2, 0.25) is 0 Å². The lowest BCUT2D eigenvalue weighted by atomic mass is 9.92. The van der Waals surface area contributed by atoms with E-state index in [0.717, 1.165) is 33.4 Å². The topological polar surface area (TPSA) is 136 Å². The number of nitrogens with zero attached hydrogens (tertiary/aromatic N) is 4. The van der Waals surface area contributed by atoms with Crippen molar-refractivity contribution in [2.75, 3.05) is 20.3 Å². The highest BCUT2D eigenvalue weighted by Gasteiger charge is 2.41. The first-order chi connectivity index (χ1) is 19.7. The maximum atomic E-state index is 14.3. The standard InChI is InChI=1S/C28H27F2N5O6.ClH/c1-41-17-24-20(16-25(36)37)26(19-6-7-21(29)22(30)15-19)35(27(38)32-24)34(28(39)40)12-4-11-33-13-8-18(9-14-33)23-5-2-3-10-31-23;/h2-3,5-10,13-15,26H,4,11-12,16-17H2,1H3,(H2-,32,36,37,38,39,40);1H/t26-;/m0./s1. The van der Waals surface area contributed by atoms with Crippen LogP contribution in [0.25, 0.3) is 11.3 Å². The van der Waals surface area contributed by atoms with Crippen molar-refractivity contribution >= 4 is 18.1 Å². The van der Waals surface area contributed by atoms with Gasteiger partial charge in [-0.15, -0.1) is 0 Å². The molecule has 3 amide bonds. The molecule has 3 heterocycles. The molecule has 0 unspecified atom stereocenters. The number of carbonyl (C=O) groups is 3. The first-order valence-electron chi connectivity index (χ1n) is 12.6. The molecular formula is C28H28ClF2N5O6. The van der Waals surface area contributed by atoms with E-state index in [1.807, 2.05) is 47.3 Å². The number of aliphatic carboxylic acids is 1. The minimum atomic E-state index is -1.49. The third kappa shape index (κ3) is 7.36. The summed E-state index contributed by atoms with van der Waals surface area (Å²) in [5.41, 5.74) is 1.86. The molecule has 42 heavy (non-hydrogen) atoms. The molecule has 1 aliphatic rings. The number of pyridine rings is 2. The quantitative estimate of drug-likeness (QED) is 0.275. The molecule has 11 nitrogen and oxygen atoms in total. The van der Waals surface area contributed by atoms with E-state index in [4.69, 9.17) is 4.74 Å². The number of rotatable bonds is 11. The number of aryl methyl sites for hydroxylation is 1. The van der Waals surface area contributed by atoms with Crippen molar-refractivity contribution in [3.05, 3.63) is 95.6 Å². The number of carboxylic acids is 1. The Labute approximate surface area is 246 Å². The van der Waals surface area contributed by atoms with E-state index in [1.54, 1.807) is 6.20 Å². The number of aromatic nitrogens is 2.